The van der Waals surface area contributed by atoms with E-state index >= 15 is 0 Å². The second-order valence-corrected chi connectivity index (χ2v) is 8.20. The van der Waals surface area contributed by atoms with Crippen LogP contribution in [0.15, 0.2) is 0 Å². The van der Waals surface area contributed by atoms with Crippen molar-refractivity contribution in [2.75, 3.05) is 19.0 Å². The maximum absolute atomic E-state index is 9.40. The first-order valence-electron chi connectivity index (χ1n) is 11.1. The number of thiol groups is 1. The molecule has 0 heterocycles. The van der Waals surface area contributed by atoms with E-state index in [0.29, 0.717) is 24.7 Å². The number of hydrogen-bond acceptors (Lipinski definition) is 3. The summed E-state index contributed by atoms with van der Waals surface area (Å²) in [4.78, 5) is 0. The quantitative estimate of drug-likeness (QED) is 0.181. The van der Waals surface area contributed by atoms with Gasteiger partial charge < -0.3 is 9.84 Å². The lowest BCUT2D eigenvalue weighted by Crippen LogP contribution is -2.14. The summed E-state index contributed by atoms with van der Waals surface area (Å²) in [7, 11) is 0. The zero-order valence-corrected chi connectivity index (χ0v) is 18.1. The van der Waals surface area contributed by atoms with Crippen molar-refractivity contribution in [3.63, 3.8) is 0 Å². The Bertz CT molecular complexity index is 248. The van der Waals surface area contributed by atoms with Crippen molar-refractivity contribution in [2.24, 2.45) is 5.92 Å². The Labute approximate surface area is 163 Å². The van der Waals surface area contributed by atoms with Crippen LogP contribution in [0, 0.1) is 5.92 Å². The molecule has 25 heavy (non-hydrogen) atoms. The monoisotopic (exact) mass is 374 g/mol. The normalized spacial score (nSPS) is 13.9. The zero-order valence-electron chi connectivity index (χ0n) is 17.2. The standard InChI is InChI=1S/C22H46O2S/c1-3-4-5-6-7-8-9-10-11-12-13-14-15-16-21(2)19-24-18-17-22(23)20-25/h21-23,25H,3-20H2,1-2H3. The molecule has 0 saturated carbocycles. The van der Waals surface area contributed by atoms with Crippen molar-refractivity contribution in [3.8, 4) is 0 Å². The maximum atomic E-state index is 9.40. The number of hydrogen-bond donors (Lipinski definition) is 2. The molecule has 2 atom stereocenters. The number of ether oxygens (including phenoxy) is 1. The molecule has 0 radical (unpaired) electrons. The van der Waals surface area contributed by atoms with Gasteiger partial charge in [-0.25, -0.2) is 0 Å². The van der Waals surface area contributed by atoms with Crippen LogP contribution in [0.2, 0.25) is 0 Å². The molecule has 152 valence electrons. The molecule has 0 amide bonds. The molecule has 0 fully saturated rings. The first-order valence-corrected chi connectivity index (χ1v) is 11.7. The molecule has 0 spiro atoms. The van der Waals surface area contributed by atoms with Crippen molar-refractivity contribution in [1.29, 1.82) is 0 Å². The lowest BCUT2D eigenvalue weighted by molar-refractivity contribution is 0.0704. The highest BCUT2D eigenvalue weighted by Gasteiger charge is 2.04. The van der Waals surface area contributed by atoms with Crippen LogP contribution < -0.4 is 0 Å². The van der Waals surface area contributed by atoms with Crippen molar-refractivity contribution < 1.29 is 9.84 Å². The second kappa shape index (κ2) is 20.6. The van der Waals surface area contributed by atoms with E-state index in [1.807, 2.05) is 0 Å². The van der Waals surface area contributed by atoms with Gasteiger partial charge in [0, 0.05) is 19.0 Å². The summed E-state index contributed by atoms with van der Waals surface area (Å²) in [5.74, 6) is 1.17. The highest BCUT2D eigenvalue weighted by atomic mass is 32.1. The van der Waals surface area contributed by atoms with E-state index in [1.54, 1.807) is 0 Å². The molecule has 0 bridgehead atoms. The van der Waals surface area contributed by atoms with Crippen LogP contribution in [0.1, 0.15) is 110 Å². The molecule has 0 aliphatic heterocycles. The fourth-order valence-corrected chi connectivity index (χ4v) is 3.37. The molecule has 2 unspecified atom stereocenters. The van der Waals surface area contributed by atoms with Crippen LogP contribution in [-0.2, 0) is 4.74 Å². The molecule has 0 aliphatic rings. The first kappa shape index (κ1) is 25.3. The summed E-state index contributed by atoms with van der Waals surface area (Å²) in [5, 5.41) is 9.40. The van der Waals surface area contributed by atoms with Gasteiger partial charge in [0.2, 0.25) is 0 Å². The molecule has 2 nitrogen and oxygen atoms in total. The van der Waals surface area contributed by atoms with Crippen LogP contribution in [0.4, 0.5) is 0 Å². The summed E-state index contributed by atoms with van der Waals surface area (Å²) >= 11 is 4.07. The summed E-state index contributed by atoms with van der Waals surface area (Å²) in [5.41, 5.74) is 0. The Balaban J connectivity index is 3.14. The molecule has 0 saturated heterocycles. The van der Waals surface area contributed by atoms with E-state index in [4.69, 9.17) is 4.74 Å². The van der Waals surface area contributed by atoms with Gasteiger partial charge in [-0.3, -0.25) is 0 Å². The lowest BCUT2D eigenvalue weighted by Gasteiger charge is -2.13. The Morgan fingerprint density at radius 3 is 1.72 bits per heavy atom. The average Bonchev–Trinajstić information content (AvgIpc) is 2.62. The molecule has 3 heteroatoms. The fraction of sp³-hybridized carbons (Fsp3) is 1.00. The zero-order chi connectivity index (χ0) is 18.6. The van der Waals surface area contributed by atoms with E-state index in [9.17, 15) is 5.11 Å². The molecule has 0 rings (SSSR count). The predicted octanol–water partition coefficient (Wildman–Crippen LogP) is 6.80. The fourth-order valence-electron chi connectivity index (χ4n) is 3.19. The average molecular weight is 375 g/mol. The van der Waals surface area contributed by atoms with E-state index in [0.717, 1.165) is 6.61 Å². The van der Waals surface area contributed by atoms with Gasteiger partial charge in [0.05, 0.1) is 6.10 Å². The van der Waals surface area contributed by atoms with Crippen LogP contribution in [0.3, 0.4) is 0 Å². The minimum Gasteiger partial charge on any atom is -0.392 e. The Kier molecular flexibility index (Phi) is 20.8. The first-order chi connectivity index (χ1) is 12.2. The third-order valence-electron chi connectivity index (χ3n) is 5.01. The highest BCUT2D eigenvalue weighted by Crippen LogP contribution is 2.15. The SMILES string of the molecule is CCCCCCCCCCCCCCCC(C)COCCC(O)CS. The Hall–Kier alpha value is 0.270. The largest absolute Gasteiger partial charge is 0.392 e. The van der Waals surface area contributed by atoms with Crippen LogP contribution in [-0.4, -0.2) is 30.2 Å². The molecule has 1 N–H and O–H groups in total. The number of rotatable bonds is 20. The van der Waals surface area contributed by atoms with Gasteiger partial charge in [-0.05, 0) is 18.8 Å². The van der Waals surface area contributed by atoms with Crippen molar-refractivity contribution in [1.82, 2.24) is 0 Å². The van der Waals surface area contributed by atoms with Crippen molar-refractivity contribution in [2.45, 2.75) is 116 Å². The molecule has 0 aromatic rings. The summed E-state index contributed by atoms with van der Waals surface area (Å²) in [6.45, 7) is 6.05. The summed E-state index contributed by atoms with van der Waals surface area (Å²) in [6.07, 6.45) is 20.1. The number of unbranched alkanes of at least 4 members (excludes halogenated alkanes) is 12. The van der Waals surface area contributed by atoms with Crippen LogP contribution in [0.5, 0.6) is 0 Å². The number of aliphatic hydroxyl groups excluding tert-OH is 1. The molecular weight excluding hydrogens is 328 g/mol. The van der Waals surface area contributed by atoms with Gasteiger partial charge in [0.1, 0.15) is 0 Å². The smallest absolute Gasteiger partial charge is 0.0650 e. The van der Waals surface area contributed by atoms with Gasteiger partial charge in [-0.2, -0.15) is 12.6 Å². The molecular formula is C22H46O2S. The van der Waals surface area contributed by atoms with Gasteiger partial charge in [0.15, 0.2) is 0 Å². The third kappa shape index (κ3) is 20.4. The van der Waals surface area contributed by atoms with Gasteiger partial charge in [-0.1, -0.05) is 97.3 Å². The summed E-state index contributed by atoms with van der Waals surface area (Å²) < 4.78 is 5.64. The van der Waals surface area contributed by atoms with Gasteiger partial charge >= 0.3 is 0 Å². The molecule has 0 aliphatic carbocycles. The van der Waals surface area contributed by atoms with E-state index in [-0.39, 0.29) is 6.10 Å². The van der Waals surface area contributed by atoms with Crippen LogP contribution >= 0.6 is 12.6 Å². The number of aliphatic hydroxyl groups is 1. The van der Waals surface area contributed by atoms with E-state index < -0.39 is 0 Å². The predicted molar refractivity (Wildman–Crippen MR) is 115 cm³/mol. The van der Waals surface area contributed by atoms with Crippen molar-refractivity contribution in [3.05, 3.63) is 0 Å². The van der Waals surface area contributed by atoms with Crippen molar-refractivity contribution >= 4 is 12.6 Å². The maximum Gasteiger partial charge on any atom is 0.0650 e. The minimum absolute atomic E-state index is 0.320. The Morgan fingerprint density at radius 1 is 0.760 bits per heavy atom. The van der Waals surface area contributed by atoms with Gasteiger partial charge in [0.25, 0.3) is 0 Å². The minimum atomic E-state index is -0.320. The topological polar surface area (TPSA) is 29.5 Å². The molecule has 0 aromatic carbocycles. The summed E-state index contributed by atoms with van der Waals surface area (Å²) in [6, 6.07) is 0. The third-order valence-corrected chi connectivity index (χ3v) is 5.43. The van der Waals surface area contributed by atoms with Crippen LogP contribution in [0.25, 0.3) is 0 Å². The van der Waals surface area contributed by atoms with Gasteiger partial charge in [-0.15, -0.1) is 0 Å². The second-order valence-electron chi connectivity index (χ2n) is 7.84. The van der Waals surface area contributed by atoms with E-state index in [1.165, 1.54) is 89.9 Å². The lowest BCUT2D eigenvalue weighted by atomic mass is 10.0. The molecule has 0 aromatic heterocycles. The van der Waals surface area contributed by atoms with E-state index in [2.05, 4.69) is 26.5 Å². The Morgan fingerprint density at radius 2 is 1.24 bits per heavy atom. The highest BCUT2D eigenvalue weighted by molar-refractivity contribution is 7.80.